The highest BCUT2D eigenvalue weighted by molar-refractivity contribution is 6.21. The summed E-state index contributed by atoms with van der Waals surface area (Å²) in [4.78, 5) is 27.8. The van der Waals surface area contributed by atoms with Gasteiger partial charge in [-0.1, -0.05) is 17.3 Å². The second-order valence-corrected chi connectivity index (χ2v) is 5.43. The van der Waals surface area contributed by atoms with Crippen LogP contribution in [-0.2, 0) is 13.6 Å². The van der Waals surface area contributed by atoms with E-state index in [0.717, 1.165) is 5.69 Å². The Kier molecular flexibility index (Phi) is 3.72. The van der Waals surface area contributed by atoms with Crippen LogP contribution >= 0.6 is 0 Å². The van der Waals surface area contributed by atoms with Gasteiger partial charge in [0.2, 0.25) is 0 Å². The number of benzene rings is 1. The molecule has 3 rings (SSSR count). The van der Waals surface area contributed by atoms with E-state index in [-0.39, 0.29) is 11.8 Å². The van der Waals surface area contributed by atoms with Gasteiger partial charge >= 0.3 is 0 Å². The molecule has 0 radical (unpaired) electrons. The number of aromatic nitrogens is 3. The van der Waals surface area contributed by atoms with E-state index in [1.165, 1.54) is 4.90 Å². The lowest BCUT2D eigenvalue weighted by Gasteiger charge is -2.19. The molecule has 7 heteroatoms. The number of carbonyl (C=O) groups excluding carboxylic acids is 2. The van der Waals surface area contributed by atoms with Crippen molar-refractivity contribution in [2.45, 2.75) is 6.54 Å². The summed E-state index contributed by atoms with van der Waals surface area (Å²) in [5.41, 5.74) is 1.83. The lowest BCUT2D eigenvalue weighted by Crippen LogP contribution is -2.36. The fourth-order valence-electron chi connectivity index (χ4n) is 2.54. The molecule has 1 aromatic carbocycles. The number of fused-ring (bicyclic) bond motifs is 1. The molecule has 1 aliphatic heterocycles. The van der Waals surface area contributed by atoms with Crippen LogP contribution in [0.25, 0.3) is 0 Å². The zero-order valence-corrected chi connectivity index (χ0v) is 12.6. The van der Waals surface area contributed by atoms with Gasteiger partial charge in [-0.2, -0.15) is 0 Å². The summed E-state index contributed by atoms with van der Waals surface area (Å²) in [5, 5.41) is 7.90. The molecular weight excluding hydrogens is 282 g/mol. The summed E-state index contributed by atoms with van der Waals surface area (Å²) < 4.78 is 1.65. The summed E-state index contributed by atoms with van der Waals surface area (Å²) in [6, 6.07) is 6.93. The van der Waals surface area contributed by atoms with E-state index in [0.29, 0.717) is 30.8 Å². The van der Waals surface area contributed by atoms with Gasteiger partial charge in [-0.3, -0.25) is 24.1 Å². The van der Waals surface area contributed by atoms with Crippen molar-refractivity contribution in [2.24, 2.45) is 7.05 Å². The molecule has 0 atom stereocenters. The van der Waals surface area contributed by atoms with Gasteiger partial charge < -0.3 is 0 Å². The molecule has 1 aliphatic rings. The summed E-state index contributed by atoms with van der Waals surface area (Å²) in [7, 11) is 3.74. The Morgan fingerprint density at radius 3 is 2.32 bits per heavy atom. The summed E-state index contributed by atoms with van der Waals surface area (Å²) in [6.45, 7) is 1.57. The first-order chi connectivity index (χ1) is 10.6. The molecule has 0 spiro atoms. The lowest BCUT2D eigenvalue weighted by atomic mass is 10.1. The van der Waals surface area contributed by atoms with Crippen molar-refractivity contribution in [2.75, 3.05) is 20.1 Å². The van der Waals surface area contributed by atoms with Gasteiger partial charge in [0.25, 0.3) is 11.8 Å². The van der Waals surface area contributed by atoms with E-state index in [9.17, 15) is 9.59 Å². The molecule has 0 saturated carbocycles. The van der Waals surface area contributed by atoms with Crippen LogP contribution in [0.3, 0.4) is 0 Å². The molecule has 0 N–H and O–H groups in total. The van der Waals surface area contributed by atoms with Crippen molar-refractivity contribution in [3.8, 4) is 0 Å². The maximum absolute atomic E-state index is 12.2. The Labute approximate surface area is 128 Å². The first kappa shape index (κ1) is 14.4. The van der Waals surface area contributed by atoms with E-state index < -0.39 is 0 Å². The normalized spacial score (nSPS) is 14.0. The van der Waals surface area contributed by atoms with E-state index in [2.05, 4.69) is 10.3 Å². The number of likely N-dealkylation sites (N-methyl/N-ethyl adjacent to an activating group) is 1. The lowest BCUT2D eigenvalue weighted by molar-refractivity contribution is 0.0640. The topological polar surface area (TPSA) is 71.3 Å². The average Bonchev–Trinajstić information content (AvgIpc) is 3.01. The zero-order chi connectivity index (χ0) is 15.7. The number of rotatable bonds is 5. The molecule has 114 valence electrons. The van der Waals surface area contributed by atoms with Crippen LogP contribution in [0.2, 0.25) is 0 Å². The SMILES string of the molecule is CN(CCN1C(=O)c2ccccc2C1=O)Cc1cn(C)nn1. The second kappa shape index (κ2) is 5.69. The number of carbonyl (C=O) groups is 2. The maximum Gasteiger partial charge on any atom is 0.261 e. The number of hydrogen-bond acceptors (Lipinski definition) is 5. The van der Waals surface area contributed by atoms with Crippen LogP contribution in [0.1, 0.15) is 26.4 Å². The minimum atomic E-state index is -0.214. The van der Waals surface area contributed by atoms with Crippen LogP contribution in [0.15, 0.2) is 30.5 Å². The van der Waals surface area contributed by atoms with E-state index >= 15 is 0 Å². The Morgan fingerprint density at radius 1 is 1.14 bits per heavy atom. The van der Waals surface area contributed by atoms with Crippen LogP contribution in [-0.4, -0.2) is 56.7 Å². The van der Waals surface area contributed by atoms with Gasteiger partial charge in [-0.25, -0.2) is 0 Å². The predicted molar refractivity (Wildman–Crippen MR) is 79.1 cm³/mol. The molecule has 2 amide bonds. The summed E-state index contributed by atoms with van der Waals surface area (Å²) in [6.07, 6.45) is 1.85. The Balaban J connectivity index is 1.60. The molecule has 2 heterocycles. The smallest absolute Gasteiger partial charge is 0.261 e. The average molecular weight is 299 g/mol. The van der Waals surface area contributed by atoms with Crippen molar-refractivity contribution in [1.82, 2.24) is 24.8 Å². The molecule has 1 aromatic heterocycles. The molecule has 0 unspecified atom stereocenters. The fraction of sp³-hybridized carbons (Fsp3) is 0.333. The highest BCUT2D eigenvalue weighted by Crippen LogP contribution is 2.21. The number of amides is 2. The third-order valence-electron chi connectivity index (χ3n) is 3.67. The Morgan fingerprint density at radius 2 is 1.77 bits per heavy atom. The van der Waals surface area contributed by atoms with E-state index in [1.54, 1.807) is 28.9 Å². The number of imide groups is 1. The number of nitrogens with zero attached hydrogens (tertiary/aromatic N) is 5. The van der Waals surface area contributed by atoms with Crippen LogP contribution < -0.4 is 0 Å². The Bertz CT molecular complexity index is 689. The van der Waals surface area contributed by atoms with Gasteiger partial charge in [0, 0.05) is 32.9 Å². The maximum atomic E-state index is 12.2. The Hall–Kier alpha value is -2.54. The van der Waals surface area contributed by atoms with Gasteiger partial charge in [-0.15, -0.1) is 5.10 Å². The molecule has 7 nitrogen and oxygen atoms in total. The van der Waals surface area contributed by atoms with E-state index in [1.807, 2.05) is 25.2 Å². The quantitative estimate of drug-likeness (QED) is 0.754. The predicted octanol–water partition coefficient (Wildman–Crippen LogP) is 0.543. The van der Waals surface area contributed by atoms with Crippen LogP contribution in [0, 0.1) is 0 Å². The van der Waals surface area contributed by atoms with Gasteiger partial charge in [0.15, 0.2) is 0 Å². The van der Waals surface area contributed by atoms with Gasteiger partial charge in [-0.05, 0) is 19.2 Å². The summed E-state index contributed by atoms with van der Waals surface area (Å²) >= 11 is 0. The van der Waals surface area contributed by atoms with Crippen molar-refractivity contribution < 1.29 is 9.59 Å². The fourth-order valence-corrected chi connectivity index (χ4v) is 2.54. The molecule has 0 bridgehead atoms. The molecular formula is C15H17N5O2. The first-order valence-corrected chi connectivity index (χ1v) is 7.05. The minimum Gasteiger partial charge on any atom is -0.299 e. The largest absolute Gasteiger partial charge is 0.299 e. The van der Waals surface area contributed by atoms with Crippen molar-refractivity contribution >= 4 is 11.8 Å². The van der Waals surface area contributed by atoms with Crippen molar-refractivity contribution in [3.63, 3.8) is 0 Å². The van der Waals surface area contributed by atoms with Gasteiger partial charge in [0.05, 0.1) is 16.8 Å². The minimum absolute atomic E-state index is 0.214. The standard InChI is InChI=1S/C15H17N5O2/c1-18(9-11-10-19(2)17-16-11)7-8-20-14(21)12-5-3-4-6-13(12)15(20)22/h3-6,10H,7-9H2,1-2H3. The molecule has 22 heavy (non-hydrogen) atoms. The zero-order valence-electron chi connectivity index (χ0n) is 12.6. The highest BCUT2D eigenvalue weighted by Gasteiger charge is 2.34. The molecule has 0 saturated heterocycles. The van der Waals surface area contributed by atoms with Gasteiger partial charge in [0.1, 0.15) is 0 Å². The first-order valence-electron chi connectivity index (χ1n) is 7.05. The molecule has 0 aliphatic carbocycles. The summed E-state index contributed by atoms with van der Waals surface area (Å²) in [5.74, 6) is -0.429. The highest BCUT2D eigenvalue weighted by atomic mass is 16.2. The molecule has 0 fully saturated rings. The number of hydrogen-bond donors (Lipinski definition) is 0. The van der Waals surface area contributed by atoms with Crippen LogP contribution in [0.5, 0.6) is 0 Å². The third kappa shape index (κ3) is 2.62. The second-order valence-electron chi connectivity index (χ2n) is 5.43. The third-order valence-corrected chi connectivity index (χ3v) is 3.67. The monoisotopic (exact) mass is 299 g/mol. The van der Waals surface area contributed by atoms with Crippen LogP contribution in [0.4, 0.5) is 0 Å². The van der Waals surface area contributed by atoms with Crippen molar-refractivity contribution in [3.05, 3.63) is 47.3 Å². The van der Waals surface area contributed by atoms with Crippen molar-refractivity contribution in [1.29, 1.82) is 0 Å². The van der Waals surface area contributed by atoms with E-state index in [4.69, 9.17) is 0 Å². The molecule has 2 aromatic rings. The number of aryl methyl sites for hydroxylation is 1.